The molecule has 0 radical (unpaired) electrons. The van der Waals surface area contributed by atoms with Crippen molar-refractivity contribution in [3.63, 3.8) is 0 Å². The van der Waals surface area contributed by atoms with Crippen molar-refractivity contribution in [3.8, 4) is 0 Å². The monoisotopic (exact) mass is 324 g/mol. The Hall–Kier alpha value is -3.28. The molecule has 0 aliphatic heterocycles. The number of carboxylic acids is 1. The van der Waals surface area contributed by atoms with E-state index in [1.807, 2.05) is 24.3 Å². The van der Waals surface area contributed by atoms with Gasteiger partial charge < -0.3 is 19.8 Å². The molecular weight excluding hydrogens is 308 g/mol. The minimum absolute atomic E-state index is 0.194. The molecule has 3 rings (SSSR count). The Morgan fingerprint density at radius 1 is 1.25 bits per heavy atom. The number of hydrogen-bond acceptors (Lipinski definition) is 3. The fraction of sp³-hybridized carbons (Fsp3) is 0.111. The molecule has 2 heterocycles. The predicted molar refractivity (Wildman–Crippen MR) is 89.3 cm³/mol. The third kappa shape index (κ3) is 3.55. The van der Waals surface area contributed by atoms with E-state index >= 15 is 0 Å². The van der Waals surface area contributed by atoms with E-state index in [2.05, 4.69) is 10.3 Å². The van der Waals surface area contributed by atoms with Crippen LogP contribution in [0.2, 0.25) is 0 Å². The van der Waals surface area contributed by atoms with Crippen LogP contribution in [0, 0.1) is 0 Å². The smallest absolute Gasteiger partial charge is 0.326 e. The lowest BCUT2D eigenvalue weighted by Crippen LogP contribution is -2.41. The quantitative estimate of drug-likeness (QED) is 0.607. The minimum atomic E-state index is -1.08. The second kappa shape index (κ2) is 6.87. The van der Waals surface area contributed by atoms with Crippen molar-refractivity contribution >= 4 is 28.9 Å². The van der Waals surface area contributed by atoms with Crippen LogP contribution >= 0.6 is 0 Å². The van der Waals surface area contributed by atoms with Gasteiger partial charge >= 0.3 is 5.97 Å². The highest BCUT2D eigenvalue weighted by molar-refractivity contribution is 5.94. The van der Waals surface area contributed by atoms with Gasteiger partial charge in [0.1, 0.15) is 11.8 Å². The van der Waals surface area contributed by atoms with E-state index in [1.54, 1.807) is 18.3 Å². The van der Waals surface area contributed by atoms with Crippen molar-refractivity contribution in [2.75, 3.05) is 0 Å². The second-order valence-electron chi connectivity index (χ2n) is 5.31. The lowest BCUT2D eigenvalue weighted by Gasteiger charge is -2.12. The molecule has 1 amide bonds. The zero-order valence-corrected chi connectivity index (χ0v) is 12.7. The lowest BCUT2D eigenvalue weighted by molar-refractivity contribution is -0.141. The molecule has 24 heavy (non-hydrogen) atoms. The Labute approximate surface area is 137 Å². The summed E-state index contributed by atoms with van der Waals surface area (Å²) in [6, 6.07) is 10.0. The van der Waals surface area contributed by atoms with Crippen LogP contribution in [0.5, 0.6) is 0 Å². The molecule has 3 N–H and O–H groups in total. The van der Waals surface area contributed by atoms with Crippen LogP contribution in [-0.4, -0.2) is 28.0 Å². The van der Waals surface area contributed by atoms with Gasteiger partial charge in [-0.2, -0.15) is 0 Å². The maximum Gasteiger partial charge on any atom is 0.326 e. The summed E-state index contributed by atoms with van der Waals surface area (Å²) in [5.41, 5.74) is 1.77. The molecular formula is C18H16N2O4. The van der Waals surface area contributed by atoms with Crippen molar-refractivity contribution < 1.29 is 19.1 Å². The Bertz CT molecular complexity index is 877. The normalized spacial score (nSPS) is 12.5. The summed E-state index contributed by atoms with van der Waals surface area (Å²) in [5.74, 6) is -1.05. The number of para-hydroxylation sites is 1. The topological polar surface area (TPSA) is 95.3 Å². The van der Waals surface area contributed by atoms with Crippen molar-refractivity contribution in [3.05, 3.63) is 66.3 Å². The molecule has 1 atom stereocenters. The van der Waals surface area contributed by atoms with Gasteiger partial charge in [0.05, 0.1) is 6.26 Å². The largest absolute Gasteiger partial charge is 0.480 e. The van der Waals surface area contributed by atoms with E-state index in [-0.39, 0.29) is 6.42 Å². The van der Waals surface area contributed by atoms with E-state index in [0.717, 1.165) is 16.5 Å². The number of hydrogen-bond donors (Lipinski definition) is 3. The van der Waals surface area contributed by atoms with Crippen molar-refractivity contribution in [2.24, 2.45) is 0 Å². The highest BCUT2D eigenvalue weighted by Crippen LogP contribution is 2.19. The number of rotatable bonds is 6. The van der Waals surface area contributed by atoms with E-state index in [1.165, 1.54) is 18.4 Å². The first-order valence-corrected chi connectivity index (χ1v) is 7.43. The number of aromatic nitrogens is 1. The summed E-state index contributed by atoms with van der Waals surface area (Å²) in [5, 5.41) is 12.8. The number of aromatic amines is 1. The molecule has 0 bridgehead atoms. The summed E-state index contributed by atoms with van der Waals surface area (Å²) < 4.78 is 5.08. The standard InChI is InChI=1S/C18H16N2O4/c21-17(8-7-13-4-3-9-24-13)20-16(18(22)23)10-12-11-19-15-6-2-1-5-14(12)15/h1-9,11,16,19H,10H2,(H,20,21)(H,22,23)/b8-7+. The van der Waals surface area contributed by atoms with Crippen molar-refractivity contribution in [2.45, 2.75) is 12.5 Å². The molecule has 6 nitrogen and oxygen atoms in total. The number of benzene rings is 1. The Morgan fingerprint density at radius 2 is 2.08 bits per heavy atom. The van der Waals surface area contributed by atoms with E-state index in [0.29, 0.717) is 5.76 Å². The SMILES string of the molecule is O=C(/C=C/c1ccco1)NC(Cc1c[nH]c2ccccc12)C(=O)O. The van der Waals surface area contributed by atoms with Gasteiger partial charge in [0.25, 0.3) is 0 Å². The number of fused-ring (bicyclic) bond motifs is 1. The fourth-order valence-corrected chi connectivity index (χ4v) is 2.48. The number of amides is 1. The first-order chi connectivity index (χ1) is 11.6. The van der Waals surface area contributed by atoms with Gasteiger partial charge in [0.15, 0.2) is 0 Å². The van der Waals surface area contributed by atoms with E-state index in [4.69, 9.17) is 4.42 Å². The van der Waals surface area contributed by atoms with Crippen LogP contribution in [-0.2, 0) is 16.0 Å². The third-order valence-electron chi connectivity index (χ3n) is 3.66. The average molecular weight is 324 g/mol. The molecule has 0 fully saturated rings. The molecule has 0 aliphatic carbocycles. The molecule has 6 heteroatoms. The fourth-order valence-electron chi connectivity index (χ4n) is 2.48. The third-order valence-corrected chi connectivity index (χ3v) is 3.66. The first-order valence-electron chi connectivity index (χ1n) is 7.43. The molecule has 0 saturated heterocycles. The highest BCUT2D eigenvalue weighted by Gasteiger charge is 2.21. The number of nitrogens with one attached hydrogen (secondary N) is 2. The average Bonchev–Trinajstić information content (AvgIpc) is 3.22. The van der Waals surface area contributed by atoms with Gasteiger partial charge in [-0.25, -0.2) is 4.79 Å². The van der Waals surface area contributed by atoms with Gasteiger partial charge in [-0.05, 0) is 29.8 Å². The van der Waals surface area contributed by atoms with E-state index in [9.17, 15) is 14.7 Å². The van der Waals surface area contributed by atoms with E-state index < -0.39 is 17.9 Å². The molecule has 0 aliphatic rings. The highest BCUT2D eigenvalue weighted by atomic mass is 16.4. The van der Waals surface area contributed by atoms with Crippen LogP contribution in [0.25, 0.3) is 17.0 Å². The molecule has 2 aromatic heterocycles. The maximum atomic E-state index is 11.9. The van der Waals surface area contributed by atoms with Gasteiger partial charge in [-0.3, -0.25) is 4.79 Å². The first kappa shape index (κ1) is 15.6. The summed E-state index contributed by atoms with van der Waals surface area (Å²) >= 11 is 0. The minimum Gasteiger partial charge on any atom is -0.480 e. The predicted octanol–water partition coefficient (Wildman–Crippen LogP) is 2.59. The molecule has 122 valence electrons. The Morgan fingerprint density at radius 3 is 2.83 bits per heavy atom. The lowest BCUT2D eigenvalue weighted by atomic mass is 10.0. The van der Waals surface area contributed by atoms with Gasteiger partial charge in [-0.15, -0.1) is 0 Å². The zero-order valence-electron chi connectivity index (χ0n) is 12.7. The Kier molecular flexibility index (Phi) is 4.47. The van der Waals surface area contributed by atoms with Gasteiger partial charge in [-0.1, -0.05) is 18.2 Å². The van der Waals surface area contributed by atoms with Crippen LogP contribution in [0.15, 0.2) is 59.4 Å². The molecule has 0 saturated carbocycles. The molecule has 0 spiro atoms. The van der Waals surface area contributed by atoms with Gasteiger partial charge in [0, 0.05) is 29.6 Å². The van der Waals surface area contributed by atoms with Crippen molar-refractivity contribution in [1.82, 2.24) is 10.3 Å². The number of carbonyl (C=O) groups is 2. The number of H-pyrrole nitrogens is 1. The second-order valence-corrected chi connectivity index (χ2v) is 5.31. The summed E-state index contributed by atoms with van der Waals surface area (Å²) in [6.07, 6.45) is 6.20. The summed E-state index contributed by atoms with van der Waals surface area (Å²) in [6.45, 7) is 0. The van der Waals surface area contributed by atoms with Crippen molar-refractivity contribution in [1.29, 1.82) is 0 Å². The number of carbonyl (C=O) groups excluding carboxylic acids is 1. The number of aliphatic carboxylic acids is 1. The molecule has 3 aromatic rings. The molecule has 1 aromatic carbocycles. The van der Waals surface area contributed by atoms with Crippen LogP contribution in [0.3, 0.4) is 0 Å². The Balaban J connectivity index is 1.71. The van der Waals surface area contributed by atoms with Crippen LogP contribution in [0.4, 0.5) is 0 Å². The maximum absolute atomic E-state index is 11.9. The van der Waals surface area contributed by atoms with Gasteiger partial charge in [0.2, 0.25) is 5.91 Å². The number of furan rings is 1. The summed E-state index contributed by atoms with van der Waals surface area (Å²) in [4.78, 5) is 26.5. The summed E-state index contributed by atoms with van der Waals surface area (Å²) in [7, 11) is 0. The number of carboxylic acid groups (broad SMARTS) is 1. The zero-order chi connectivity index (χ0) is 16.9. The molecule has 1 unspecified atom stereocenters. The van der Waals surface area contributed by atoms with Crippen LogP contribution in [0.1, 0.15) is 11.3 Å². The van der Waals surface area contributed by atoms with Crippen LogP contribution < -0.4 is 5.32 Å².